The number of para-hydroxylation sites is 3. The van der Waals surface area contributed by atoms with Crippen molar-refractivity contribution in [1.82, 2.24) is 0 Å². The highest BCUT2D eigenvalue weighted by Crippen LogP contribution is 2.56. The molecular formula is C47H37NO. The predicted molar refractivity (Wildman–Crippen MR) is 206 cm³/mol. The van der Waals surface area contributed by atoms with E-state index in [1.165, 1.54) is 55.3 Å². The Kier molecular flexibility index (Phi) is 5.65. The maximum atomic E-state index is 6.68. The van der Waals surface area contributed by atoms with Crippen molar-refractivity contribution >= 4 is 49.8 Å². The Labute approximate surface area is 287 Å². The van der Waals surface area contributed by atoms with Gasteiger partial charge in [0.1, 0.15) is 5.58 Å². The maximum Gasteiger partial charge on any atom is 0.159 e. The normalized spacial score (nSPS) is 15.0. The fraction of sp³-hybridized carbons (Fsp3) is 0.149. The van der Waals surface area contributed by atoms with Crippen LogP contribution in [0.15, 0.2) is 138 Å². The molecule has 0 amide bonds. The molecule has 0 spiro atoms. The summed E-state index contributed by atoms with van der Waals surface area (Å²) in [7, 11) is 0. The molecule has 0 aliphatic heterocycles. The fourth-order valence-electron chi connectivity index (χ4n) is 8.92. The van der Waals surface area contributed by atoms with E-state index in [-0.39, 0.29) is 10.8 Å². The highest BCUT2D eigenvalue weighted by Gasteiger charge is 2.41. The molecule has 1 aromatic heterocycles. The second-order valence-corrected chi connectivity index (χ2v) is 15.0. The monoisotopic (exact) mass is 631 g/mol. The van der Waals surface area contributed by atoms with Gasteiger partial charge in [0.15, 0.2) is 5.58 Å². The summed E-state index contributed by atoms with van der Waals surface area (Å²) in [6, 6.07) is 49.3. The molecular weight excluding hydrogens is 595 g/mol. The summed E-state index contributed by atoms with van der Waals surface area (Å²) in [6.07, 6.45) is 0. The van der Waals surface area contributed by atoms with E-state index in [4.69, 9.17) is 4.42 Å². The first-order chi connectivity index (χ1) is 23.7. The molecule has 2 aliphatic rings. The van der Waals surface area contributed by atoms with Gasteiger partial charge in [-0.15, -0.1) is 0 Å². The van der Waals surface area contributed by atoms with Crippen molar-refractivity contribution in [2.45, 2.75) is 45.4 Å². The van der Waals surface area contributed by atoms with Crippen LogP contribution in [-0.4, -0.2) is 0 Å². The van der Waals surface area contributed by atoms with Gasteiger partial charge in [-0.1, -0.05) is 107 Å². The van der Waals surface area contributed by atoms with Crippen LogP contribution in [0, 0.1) is 6.92 Å². The zero-order valence-electron chi connectivity index (χ0n) is 28.6. The molecule has 2 nitrogen and oxygen atoms in total. The highest BCUT2D eigenvalue weighted by molar-refractivity contribution is 6.11. The van der Waals surface area contributed by atoms with Crippen molar-refractivity contribution in [3.63, 3.8) is 0 Å². The lowest BCUT2D eigenvalue weighted by Crippen LogP contribution is -2.17. The van der Waals surface area contributed by atoms with E-state index in [0.29, 0.717) is 0 Å². The Balaban J connectivity index is 1.16. The van der Waals surface area contributed by atoms with Gasteiger partial charge in [-0.3, -0.25) is 0 Å². The first kappa shape index (κ1) is 28.4. The number of aryl methyl sites for hydroxylation is 1. The highest BCUT2D eigenvalue weighted by atomic mass is 16.3. The molecule has 2 aliphatic carbocycles. The molecule has 7 aromatic carbocycles. The lowest BCUT2D eigenvalue weighted by atomic mass is 9.79. The van der Waals surface area contributed by atoms with Gasteiger partial charge < -0.3 is 9.32 Å². The summed E-state index contributed by atoms with van der Waals surface area (Å²) in [6.45, 7) is 11.7. The molecule has 49 heavy (non-hydrogen) atoms. The van der Waals surface area contributed by atoms with Gasteiger partial charge in [-0.05, 0) is 122 Å². The van der Waals surface area contributed by atoms with E-state index in [0.717, 1.165) is 44.6 Å². The molecule has 2 heteroatoms. The maximum absolute atomic E-state index is 6.68. The quantitative estimate of drug-likeness (QED) is 0.193. The minimum absolute atomic E-state index is 0.0259. The summed E-state index contributed by atoms with van der Waals surface area (Å²) in [5.41, 5.74) is 17.3. The molecule has 0 radical (unpaired) electrons. The third kappa shape index (κ3) is 3.83. The number of benzene rings is 7. The molecule has 236 valence electrons. The average Bonchev–Trinajstić information content (AvgIpc) is 3.68. The smallest absolute Gasteiger partial charge is 0.159 e. The van der Waals surface area contributed by atoms with Gasteiger partial charge in [0.2, 0.25) is 0 Å². The first-order valence-corrected chi connectivity index (χ1v) is 17.4. The van der Waals surface area contributed by atoms with Crippen LogP contribution in [0.3, 0.4) is 0 Å². The van der Waals surface area contributed by atoms with Crippen LogP contribution >= 0.6 is 0 Å². The van der Waals surface area contributed by atoms with E-state index >= 15 is 0 Å². The van der Waals surface area contributed by atoms with Gasteiger partial charge in [-0.2, -0.15) is 0 Å². The van der Waals surface area contributed by atoms with E-state index in [1.807, 2.05) is 0 Å². The number of anilines is 3. The number of furan rings is 1. The molecule has 0 fully saturated rings. The number of rotatable bonds is 3. The topological polar surface area (TPSA) is 16.4 Å². The number of hydrogen-bond donors (Lipinski definition) is 0. The molecule has 0 saturated carbocycles. The van der Waals surface area contributed by atoms with Crippen LogP contribution in [-0.2, 0) is 10.8 Å². The number of nitrogens with zero attached hydrogens (tertiary/aromatic N) is 1. The largest absolute Gasteiger partial charge is 0.454 e. The van der Waals surface area contributed by atoms with Gasteiger partial charge in [-0.25, -0.2) is 0 Å². The fourth-order valence-corrected chi connectivity index (χ4v) is 8.92. The van der Waals surface area contributed by atoms with Gasteiger partial charge in [0.25, 0.3) is 0 Å². The standard InChI is InChI=1S/C47H37NO/c1-28-13-11-17-34-35-18-12-20-43(45(35)49-44(28)34)48(31-14-7-6-8-15-31)32-22-21-29-24-36-38-27-41-37(33-16-9-10-19-39(33)46(41,2)3)26-42(38)47(4,5)40(36)25-30(29)23-32/h6-27H,1-5H3. The molecule has 0 bridgehead atoms. The Morgan fingerprint density at radius 2 is 1.08 bits per heavy atom. The summed E-state index contributed by atoms with van der Waals surface area (Å²) in [5, 5.41) is 4.77. The van der Waals surface area contributed by atoms with Crippen LogP contribution in [0.2, 0.25) is 0 Å². The lowest BCUT2D eigenvalue weighted by Gasteiger charge is -2.26. The van der Waals surface area contributed by atoms with E-state index in [1.54, 1.807) is 0 Å². The minimum Gasteiger partial charge on any atom is -0.454 e. The Bertz CT molecular complexity index is 2670. The summed E-state index contributed by atoms with van der Waals surface area (Å²) >= 11 is 0. The summed E-state index contributed by atoms with van der Waals surface area (Å²) in [4.78, 5) is 2.34. The zero-order chi connectivity index (χ0) is 33.2. The van der Waals surface area contributed by atoms with Gasteiger partial charge >= 0.3 is 0 Å². The van der Waals surface area contributed by atoms with Crippen molar-refractivity contribution in [3.8, 4) is 22.3 Å². The lowest BCUT2D eigenvalue weighted by molar-refractivity contribution is 0.652. The predicted octanol–water partition coefficient (Wildman–Crippen LogP) is 13.1. The molecule has 0 N–H and O–H groups in total. The van der Waals surface area contributed by atoms with E-state index < -0.39 is 0 Å². The van der Waals surface area contributed by atoms with E-state index in [2.05, 4.69) is 173 Å². The second kappa shape index (κ2) is 9.74. The third-order valence-electron chi connectivity index (χ3n) is 11.5. The molecule has 8 aromatic rings. The van der Waals surface area contributed by atoms with Crippen molar-refractivity contribution in [2.24, 2.45) is 0 Å². The Morgan fingerprint density at radius 1 is 0.449 bits per heavy atom. The van der Waals surface area contributed by atoms with Crippen LogP contribution in [0.5, 0.6) is 0 Å². The molecule has 1 heterocycles. The van der Waals surface area contributed by atoms with Crippen molar-refractivity contribution < 1.29 is 4.42 Å². The average molecular weight is 632 g/mol. The molecule has 0 atom stereocenters. The number of hydrogen-bond acceptors (Lipinski definition) is 2. The minimum atomic E-state index is -0.123. The Hall–Kier alpha value is -5.60. The molecule has 0 unspecified atom stereocenters. The van der Waals surface area contributed by atoms with Crippen molar-refractivity contribution in [1.29, 1.82) is 0 Å². The van der Waals surface area contributed by atoms with Gasteiger partial charge in [0.05, 0.1) is 5.69 Å². The van der Waals surface area contributed by atoms with Crippen LogP contribution < -0.4 is 4.90 Å². The van der Waals surface area contributed by atoms with Crippen molar-refractivity contribution in [2.75, 3.05) is 4.90 Å². The van der Waals surface area contributed by atoms with Crippen LogP contribution in [0.25, 0.3) is 55.0 Å². The second-order valence-electron chi connectivity index (χ2n) is 15.0. The van der Waals surface area contributed by atoms with Crippen LogP contribution in [0.1, 0.15) is 55.5 Å². The summed E-state index contributed by atoms with van der Waals surface area (Å²) < 4.78 is 6.68. The molecule has 10 rings (SSSR count). The van der Waals surface area contributed by atoms with Crippen LogP contribution in [0.4, 0.5) is 17.1 Å². The van der Waals surface area contributed by atoms with Gasteiger partial charge in [0, 0.05) is 33.0 Å². The van der Waals surface area contributed by atoms with Crippen molar-refractivity contribution in [3.05, 3.63) is 161 Å². The summed E-state index contributed by atoms with van der Waals surface area (Å²) in [5.74, 6) is 0. The van der Waals surface area contributed by atoms with E-state index in [9.17, 15) is 0 Å². The Morgan fingerprint density at radius 3 is 1.88 bits per heavy atom. The number of fused-ring (bicyclic) bond motifs is 10. The third-order valence-corrected chi connectivity index (χ3v) is 11.5. The molecule has 0 saturated heterocycles. The SMILES string of the molecule is Cc1cccc2c1oc1c(N(c3ccccc3)c3ccc4cc5c(cc4c3)C(C)(C)c3cc4c(cc3-5)C(C)(C)c3ccccc3-4)cccc12. The zero-order valence-corrected chi connectivity index (χ0v) is 28.6. The first-order valence-electron chi connectivity index (χ1n) is 17.4.